The van der Waals surface area contributed by atoms with E-state index in [1.54, 1.807) is 13.8 Å². The molecule has 0 fully saturated rings. The second kappa shape index (κ2) is 4.63. The summed E-state index contributed by atoms with van der Waals surface area (Å²) in [6, 6.07) is 0. The summed E-state index contributed by atoms with van der Waals surface area (Å²) in [5.74, 6) is 4.56. The summed E-state index contributed by atoms with van der Waals surface area (Å²) in [5, 5.41) is 8.82. The maximum Gasteiger partial charge on any atom is 0.170 e. The molecular formula is C8H10O2. The standard InChI is InChI=1S/C8H10O2/c1-3-5-8(10)6-7(9)4-2/h6,10H,4H2,1-2H3. The molecule has 0 radical (unpaired) electrons. The van der Waals surface area contributed by atoms with Crippen molar-refractivity contribution in [1.29, 1.82) is 0 Å². The summed E-state index contributed by atoms with van der Waals surface area (Å²) in [4.78, 5) is 10.6. The van der Waals surface area contributed by atoms with Crippen LogP contribution in [0.3, 0.4) is 0 Å². The van der Waals surface area contributed by atoms with Gasteiger partial charge in [-0.05, 0) is 12.8 Å². The first-order valence-corrected chi connectivity index (χ1v) is 3.07. The first kappa shape index (κ1) is 8.77. The Balaban J connectivity index is 4.12. The van der Waals surface area contributed by atoms with Crippen LogP contribution in [0.15, 0.2) is 11.8 Å². The van der Waals surface area contributed by atoms with Crippen LogP contribution in [0, 0.1) is 11.8 Å². The average Bonchev–Trinajstić information content (AvgIpc) is 1.88. The van der Waals surface area contributed by atoms with E-state index in [0.717, 1.165) is 6.08 Å². The number of aliphatic hydroxyl groups is 1. The first-order valence-electron chi connectivity index (χ1n) is 3.07. The minimum Gasteiger partial charge on any atom is -0.501 e. The molecule has 0 saturated heterocycles. The average molecular weight is 138 g/mol. The highest BCUT2D eigenvalue weighted by molar-refractivity contribution is 5.90. The van der Waals surface area contributed by atoms with Crippen molar-refractivity contribution >= 4 is 5.78 Å². The van der Waals surface area contributed by atoms with Crippen molar-refractivity contribution in [3.05, 3.63) is 11.8 Å². The highest BCUT2D eigenvalue weighted by Gasteiger charge is 1.92. The van der Waals surface area contributed by atoms with E-state index in [0.29, 0.717) is 6.42 Å². The molecule has 0 aliphatic rings. The summed E-state index contributed by atoms with van der Waals surface area (Å²) in [6.45, 7) is 3.33. The van der Waals surface area contributed by atoms with Gasteiger partial charge in [-0.25, -0.2) is 0 Å². The van der Waals surface area contributed by atoms with E-state index in [2.05, 4.69) is 11.8 Å². The largest absolute Gasteiger partial charge is 0.501 e. The highest BCUT2D eigenvalue weighted by atomic mass is 16.3. The molecule has 0 saturated carbocycles. The van der Waals surface area contributed by atoms with Crippen LogP contribution in [0.5, 0.6) is 0 Å². The van der Waals surface area contributed by atoms with Crippen molar-refractivity contribution in [3.63, 3.8) is 0 Å². The molecule has 0 bridgehead atoms. The molecule has 0 heterocycles. The van der Waals surface area contributed by atoms with Gasteiger partial charge in [-0.3, -0.25) is 4.79 Å². The Hall–Kier alpha value is -1.23. The SMILES string of the molecule is CC#CC(O)=CC(=O)CC. The zero-order valence-electron chi connectivity index (χ0n) is 6.14. The van der Waals surface area contributed by atoms with Crippen molar-refractivity contribution in [2.75, 3.05) is 0 Å². The van der Waals surface area contributed by atoms with Crippen LogP contribution in [0.25, 0.3) is 0 Å². The molecule has 0 aliphatic carbocycles. The zero-order chi connectivity index (χ0) is 7.98. The van der Waals surface area contributed by atoms with Gasteiger partial charge in [0.2, 0.25) is 0 Å². The van der Waals surface area contributed by atoms with Gasteiger partial charge in [0, 0.05) is 12.5 Å². The fourth-order valence-electron chi connectivity index (χ4n) is 0.419. The predicted octanol–water partition coefficient (Wildman–Crippen LogP) is 1.43. The Morgan fingerprint density at radius 3 is 2.70 bits per heavy atom. The molecule has 0 rings (SSSR count). The van der Waals surface area contributed by atoms with Gasteiger partial charge in [-0.15, -0.1) is 0 Å². The third kappa shape index (κ3) is 3.73. The van der Waals surface area contributed by atoms with Crippen LogP contribution < -0.4 is 0 Å². The Morgan fingerprint density at radius 1 is 1.70 bits per heavy atom. The molecule has 0 aromatic rings. The zero-order valence-corrected chi connectivity index (χ0v) is 6.14. The van der Waals surface area contributed by atoms with E-state index in [9.17, 15) is 4.79 Å². The summed E-state index contributed by atoms with van der Waals surface area (Å²) in [7, 11) is 0. The molecule has 2 nitrogen and oxygen atoms in total. The summed E-state index contributed by atoms with van der Waals surface area (Å²) >= 11 is 0. The fourth-order valence-corrected chi connectivity index (χ4v) is 0.419. The van der Waals surface area contributed by atoms with Gasteiger partial charge >= 0.3 is 0 Å². The molecule has 0 aromatic heterocycles. The summed E-state index contributed by atoms with van der Waals surface area (Å²) in [6.07, 6.45) is 1.53. The summed E-state index contributed by atoms with van der Waals surface area (Å²) < 4.78 is 0. The Labute approximate surface area is 60.6 Å². The van der Waals surface area contributed by atoms with Crippen LogP contribution in [-0.4, -0.2) is 10.9 Å². The number of hydrogen-bond donors (Lipinski definition) is 1. The smallest absolute Gasteiger partial charge is 0.170 e. The van der Waals surface area contributed by atoms with Crippen LogP contribution in [0.2, 0.25) is 0 Å². The predicted molar refractivity (Wildman–Crippen MR) is 39.5 cm³/mol. The molecule has 0 spiro atoms. The normalized spacial score (nSPS) is 10.0. The van der Waals surface area contributed by atoms with Gasteiger partial charge in [0.25, 0.3) is 0 Å². The number of carbonyl (C=O) groups is 1. The van der Waals surface area contributed by atoms with Crippen LogP contribution in [0.4, 0.5) is 0 Å². The summed E-state index contributed by atoms with van der Waals surface area (Å²) in [5.41, 5.74) is 0. The number of hydrogen-bond acceptors (Lipinski definition) is 2. The maximum atomic E-state index is 10.6. The molecule has 10 heavy (non-hydrogen) atoms. The number of aliphatic hydroxyl groups excluding tert-OH is 1. The Bertz CT molecular complexity index is 203. The van der Waals surface area contributed by atoms with E-state index in [1.165, 1.54) is 0 Å². The van der Waals surface area contributed by atoms with Gasteiger partial charge in [-0.2, -0.15) is 0 Å². The van der Waals surface area contributed by atoms with Crippen molar-refractivity contribution in [1.82, 2.24) is 0 Å². The van der Waals surface area contributed by atoms with Crippen molar-refractivity contribution < 1.29 is 9.90 Å². The highest BCUT2D eigenvalue weighted by Crippen LogP contribution is 1.88. The van der Waals surface area contributed by atoms with Crippen LogP contribution in [0.1, 0.15) is 20.3 Å². The molecule has 0 atom stereocenters. The van der Waals surface area contributed by atoms with E-state index < -0.39 is 0 Å². The van der Waals surface area contributed by atoms with Crippen molar-refractivity contribution in [2.45, 2.75) is 20.3 Å². The van der Waals surface area contributed by atoms with Gasteiger partial charge in [-0.1, -0.05) is 12.8 Å². The minimum atomic E-state index is -0.158. The number of ketones is 1. The lowest BCUT2D eigenvalue weighted by atomic mass is 10.3. The molecule has 54 valence electrons. The number of rotatable bonds is 2. The topological polar surface area (TPSA) is 37.3 Å². The lowest BCUT2D eigenvalue weighted by Gasteiger charge is -1.85. The quantitative estimate of drug-likeness (QED) is 0.356. The monoisotopic (exact) mass is 138 g/mol. The van der Waals surface area contributed by atoms with E-state index >= 15 is 0 Å². The lowest BCUT2D eigenvalue weighted by molar-refractivity contribution is -0.114. The van der Waals surface area contributed by atoms with E-state index in [-0.39, 0.29) is 11.5 Å². The van der Waals surface area contributed by atoms with Crippen molar-refractivity contribution in [2.24, 2.45) is 0 Å². The Kier molecular flexibility index (Phi) is 4.06. The van der Waals surface area contributed by atoms with Crippen molar-refractivity contribution in [3.8, 4) is 11.8 Å². The third-order valence-electron chi connectivity index (χ3n) is 0.899. The number of allylic oxidation sites excluding steroid dienone is 2. The fraction of sp³-hybridized carbons (Fsp3) is 0.375. The van der Waals surface area contributed by atoms with Gasteiger partial charge in [0.15, 0.2) is 11.5 Å². The Morgan fingerprint density at radius 2 is 2.30 bits per heavy atom. The first-order chi connectivity index (χ1) is 4.70. The lowest BCUT2D eigenvalue weighted by Crippen LogP contribution is -1.90. The molecule has 0 aromatic carbocycles. The van der Waals surface area contributed by atoms with Gasteiger partial charge in [0.1, 0.15) is 0 Å². The molecule has 0 aliphatic heterocycles. The second-order valence-electron chi connectivity index (χ2n) is 1.72. The molecular weight excluding hydrogens is 128 g/mol. The van der Waals surface area contributed by atoms with E-state index in [4.69, 9.17) is 5.11 Å². The second-order valence-corrected chi connectivity index (χ2v) is 1.72. The molecule has 0 amide bonds. The number of carbonyl (C=O) groups excluding carboxylic acids is 1. The van der Waals surface area contributed by atoms with Gasteiger partial charge in [0.05, 0.1) is 0 Å². The maximum absolute atomic E-state index is 10.6. The molecule has 1 N–H and O–H groups in total. The molecule has 0 unspecified atom stereocenters. The van der Waals surface area contributed by atoms with Crippen LogP contribution >= 0.6 is 0 Å². The molecule has 2 heteroatoms. The van der Waals surface area contributed by atoms with Gasteiger partial charge < -0.3 is 5.11 Å². The van der Waals surface area contributed by atoms with E-state index in [1.807, 2.05) is 0 Å². The van der Waals surface area contributed by atoms with Crippen LogP contribution in [-0.2, 0) is 4.79 Å². The third-order valence-corrected chi connectivity index (χ3v) is 0.899. The minimum absolute atomic E-state index is 0.111.